The van der Waals surface area contributed by atoms with Gasteiger partial charge < -0.3 is 5.32 Å². The van der Waals surface area contributed by atoms with Crippen molar-refractivity contribution in [1.29, 1.82) is 0 Å². The zero-order chi connectivity index (χ0) is 15.2. The summed E-state index contributed by atoms with van der Waals surface area (Å²) >= 11 is 3.01. The third-order valence-corrected chi connectivity index (χ3v) is 4.24. The van der Waals surface area contributed by atoms with Crippen molar-refractivity contribution in [2.45, 2.75) is 32.1 Å². The first-order valence-corrected chi connectivity index (χ1v) is 7.32. The van der Waals surface area contributed by atoms with E-state index in [1.54, 1.807) is 10.9 Å². The molecule has 3 heterocycles. The number of nitrogens with one attached hydrogen (secondary N) is 1. The van der Waals surface area contributed by atoms with Gasteiger partial charge in [-0.3, -0.25) is 4.68 Å². The van der Waals surface area contributed by atoms with Gasteiger partial charge in [0, 0.05) is 24.8 Å². The molecule has 0 spiro atoms. The first kappa shape index (κ1) is 14.4. The predicted octanol–water partition coefficient (Wildman–Crippen LogP) is 3.29. The van der Waals surface area contributed by atoms with Crippen LogP contribution < -0.4 is 5.32 Å². The molecule has 1 aliphatic heterocycles. The van der Waals surface area contributed by atoms with Crippen LogP contribution in [-0.4, -0.2) is 26.1 Å². The van der Waals surface area contributed by atoms with E-state index in [0.29, 0.717) is 25.3 Å². The second-order valence-electron chi connectivity index (χ2n) is 4.81. The van der Waals surface area contributed by atoms with Gasteiger partial charge in [0.05, 0.1) is 16.7 Å². The fourth-order valence-electron chi connectivity index (χ4n) is 2.46. The van der Waals surface area contributed by atoms with Crippen molar-refractivity contribution in [3.8, 4) is 0 Å². The molecule has 2 aromatic rings. The van der Waals surface area contributed by atoms with Gasteiger partial charge in [-0.2, -0.15) is 23.4 Å². The van der Waals surface area contributed by atoms with Crippen molar-refractivity contribution in [3.63, 3.8) is 0 Å². The summed E-state index contributed by atoms with van der Waals surface area (Å²) in [6.45, 7) is 3.26. The van der Waals surface area contributed by atoms with Crippen molar-refractivity contribution in [2.75, 3.05) is 11.9 Å². The number of alkyl halides is 3. The highest BCUT2D eigenvalue weighted by atomic mass is 79.9. The predicted molar refractivity (Wildman–Crippen MR) is 74.1 cm³/mol. The zero-order valence-corrected chi connectivity index (χ0v) is 12.7. The summed E-state index contributed by atoms with van der Waals surface area (Å²) in [6, 6.07) is -0.242. The highest BCUT2D eigenvalue weighted by Crippen LogP contribution is 2.41. The van der Waals surface area contributed by atoms with E-state index in [4.69, 9.17) is 0 Å². The summed E-state index contributed by atoms with van der Waals surface area (Å²) < 4.78 is 42.0. The van der Waals surface area contributed by atoms with Gasteiger partial charge in [-0.05, 0) is 29.3 Å². The fourth-order valence-corrected chi connectivity index (χ4v) is 3.09. The molecule has 1 unspecified atom stereocenters. The Hall–Kier alpha value is -1.51. The van der Waals surface area contributed by atoms with Crippen LogP contribution in [0.3, 0.4) is 0 Å². The lowest BCUT2D eigenvalue weighted by atomic mass is 10.1. The van der Waals surface area contributed by atoms with Crippen molar-refractivity contribution in [2.24, 2.45) is 0 Å². The Morgan fingerprint density at radius 3 is 2.86 bits per heavy atom. The van der Waals surface area contributed by atoms with Crippen molar-refractivity contribution < 1.29 is 13.2 Å². The highest BCUT2D eigenvalue weighted by molar-refractivity contribution is 9.10. The molecule has 114 valence electrons. The minimum Gasteiger partial charge on any atom is -0.369 e. The minimum atomic E-state index is -4.48. The SMILES string of the molecule is CCn1cc(C2CCNc3c(Br)c(C(F)(F)F)nn32)cn1. The highest BCUT2D eigenvalue weighted by Gasteiger charge is 2.40. The average molecular weight is 364 g/mol. The number of aryl methyl sites for hydroxylation is 1. The Balaban J connectivity index is 2.05. The standard InChI is InChI=1S/C12H13BrF3N5/c1-2-20-6-7(5-18-20)8-3-4-17-11-9(13)10(12(14,15)16)19-21(8)11/h5-6,8,17H,2-4H2,1H3. The molecule has 0 saturated heterocycles. The molecule has 1 atom stereocenters. The van der Waals surface area contributed by atoms with E-state index in [2.05, 4.69) is 31.4 Å². The number of anilines is 1. The summed E-state index contributed by atoms with van der Waals surface area (Å²) in [5.41, 5.74) is -0.0388. The molecule has 0 aliphatic carbocycles. The summed E-state index contributed by atoms with van der Waals surface area (Å²) in [4.78, 5) is 0. The summed E-state index contributed by atoms with van der Waals surface area (Å²) in [6.07, 6.45) is -0.286. The van der Waals surface area contributed by atoms with E-state index >= 15 is 0 Å². The van der Waals surface area contributed by atoms with Gasteiger partial charge >= 0.3 is 6.18 Å². The summed E-state index contributed by atoms with van der Waals surface area (Å²) in [5, 5.41) is 10.9. The number of hydrogen-bond acceptors (Lipinski definition) is 3. The molecule has 9 heteroatoms. The van der Waals surface area contributed by atoms with Gasteiger partial charge in [-0.1, -0.05) is 0 Å². The van der Waals surface area contributed by atoms with Crippen LogP contribution in [0.5, 0.6) is 0 Å². The molecular weight excluding hydrogens is 351 g/mol. The van der Waals surface area contributed by atoms with Gasteiger partial charge in [-0.25, -0.2) is 4.68 Å². The number of aromatic nitrogens is 4. The molecule has 3 rings (SSSR count). The lowest BCUT2D eigenvalue weighted by molar-refractivity contribution is -0.142. The normalized spacial score (nSPS) is 18.4. The third kappa shape index (κ3) is 2.43. The quantitative estimate of drug-likeness (QED) is 0.890. The molecule has 1 N–H and O–H groups in total. The minimum absolute atomic E-state index is 0.0393. The van der Waals surface area contributed by atoms with Crippen LogP contribution in [0, 0.1) is 0 Å². The first-order chi connectivity index (χ1) is 9.91. The number of halogens is 4. The molecule has 5 nitrogen and oxygen atoms in total. The Bertz CT molecular complexity index is 660. The van der Waals surface area contributed by atoms with Crippen LogP contribution in [0.15, 0.2) is 16.9 Å². The maximum Gasteiger partial charge on any atom is 0.436 e. The van der Waals surface area contributed by atoms with E-state index < -0.39 is 11.9 Å². The van der Waals surface area contributed by atoms with Crippen LogP contribution in [0.25, 0.3) is 0 Å². The fraction of sp³-hybridized carbons (Fsp3) is 0.500. The molecule has 0 fully saturated rings. The molecule has 2 aromatic heterocycles. The molecule has 21 heavy (non-hydrogen) atoms. The monoisotopic (exact) mass is 363 g/mol. The molecular formula is C12H13BrF3N5. The maximum atomic E-state index is 13.0. The number of hydrogen-bond donors (Lipinski definition) is 1. The lowest BCUT2D eigenvalue weighted by Crippen LogP contribution is -2.24. The van der Waals surface area contributed by atoms with Crippen molar-refractivity contribution >= 4 is 21.7 Å². The molecule has 1 aliphatic rings. The van der Waals surface area contributed by atoms with E-state index in [1.165, 1.54) is 4.68 Å². The van der Waals surface area contributed by atoms with E-state index in [0.717, 1.165) is 5.56 Å². The number of fused-ring (bicyclic) bond motifs is 1. The lowest BCUT2D eigenvalue weighted by Gasteiger charge is -2.25. The van der Waals surface area contributed by atoms with Gasteiger partial charge in [0.1, 0.15) is 5.82 Å². The van der Waals surface area contributed by atoms with Crippen LogP contribution in [0.4, 0.5) is 19.0 Å². The zero-order valence-electron chi connectivity index (χ0n) is 11.2. The molecule has 0 bridgehead atoms. The van der Waals surface area contributed by atoms with Gasteiger partial charge in [0.15, 0.2) is 5.69 Å². The van der Waals surface area contributed by atoms with E-state index in [1.807, 2.05) is 13.1 Å². The Morgan fingerprint density at radius 2 is 2.24 bits per heavy atom. The maximum absolute atomic E-state index is 13.0. The third-order valence-electron chi connectivity index (χ3n) is 3.49. The van der Waals surface area contributed by atoms with E-state index in [-0.39, 0.29) is 10.5 Å². The van der Waals surface area contributed by atoms with Crippen LogP contribution in [0.1, 0.15) is 30.6 Å². The van der Waals surface area contributed by atoms with Crippen LogP contribution in [0.2, 0.25) is 0 Å². The largest absolute Gasteiger partial charge is 0.436 e. The summed E-state index contributed by atoms with van der Waals surface area (Å²) in [5.74, 6) is 0.364. The Kier molecular flexibility index (Phi) is 3.46. The van der Waals surface area contributed by atoms with Crippen molar-refractivity contribution in [1.82, 2.24) is 19.6 Å². The summed E-state index contributed by atoms with van der Waals surface area (Å²) in [7, 11) is 0. The molecule has 0 aromatic carbocycles. The number of nitrogens with zero attached hydrogens (tertiary/aromatic N) is 4. The topological polar surface area (TPSA) is 47.7 Å². The Labute approximate surface area is 127 Å². The molecule has 0 saturated carbocycles. The van der Waals surface area contributed by atoms with Crippen LogP contribution >= 0.6 is 15.9 Å². The van der Waals surface area contributed by atoms with Crippen LogP contribution in [-0.2, 0) is 12.7 Å². The second-order valence-corrected chi connectivity index (χ2v) is 5.61. The van der Waals surface area contributed by atoms with E-state index in [9.17, 15) is 13.2 Å². The van der Waals surface area contributed by atoms with Gasteiger partial charge in [0.2, 0.25) is 0 Å². The van der Waals surface area contributed by atoms with Crippen molar-refractivity contribution in [3.05, 3.63) is 28.1 Å². The first-order valence-electron chi connectivity index (χ1n) is 6.53. The number of rotatable bonds is 2. The molecule has 0 amide bonds. The second kappa shape index (κ2) is 5.04. The average Bonchev–Trinajstić information content (AvgIpc) is 3.03. The van der Waals surface area contributed by atoms with Gasteiger partial charge in [0.25, 0.3) is 0 Å². The van der Waals surface area contributed by atoms with Gasteiger partial charge in [-0.15, -0.1) is 0 Å². The Morgan fingerprint density at radius 1 is 1.48 bits per heavy atom. The smallest absolute Gasteiger partial charge is 0.369 e. The molecule has 0 radical (unpaired) electrons.